The van der Waals surface area contributed by atoms with Gasteiger partial charge in [-0.1, -0.05) is 12.2 Å². The van der Waals surface area contributed by atoms with Crippen LogP contribution >= 0.6 is 0 Å². The number of halogens is 7. The normalized spacial score (nSPS) is 15.1. The first-order chi connectivity index (χ1) is 6.06. The molecule has 0 bridgehead atoms. The molecule has 0 saturated carbocycles. The van der Waals surface area contributed by atoms with E-state index < -0.39 is 24.4 Å². The van der Waals surface area contributed by atoms with Crippen molar-refractivity contribution in [2.24, 2.45) is 0 Å². The van der Waals surface area contributed by atoms with Crippen molar-refractivity contribution in [1.82, 2.24) is 0 Å². The average molecular weight is 224 g/mol. The Morgan fingerprint density at radius 3 is 1.64 bits per heavy atom. The first-order valence-electron chi connectivity index (χ1n) is 3.50. The molecule has 0 aromatic heterocycles. The predicted molar refractivity (Wildman–Crippen MR) is 35.4 cm³/mol. The van der Waals surface area contributed by atoms with Crippen LogP contribution in [-0.2, 0) is 0 Å². The maximum absolute atomic E-state index is 12.4. The van der Waals surface area contributed by atoms with Crippen LogP contribution in [0.4, 0.5) is 30.7 Å². The van der Waals surface area contributed by atoms with Crippen molar-refractivity contribution in [3.05, 3.63) is 12.2 Å². The van der Waals surface area contributed by atoms with Crippen LogP contribution in [0.25, 0.3) is 0 Å². The van der Waals surface area contributed by atoms with Crippen molar-refractivity contribution in [2.75, 3.05) is 0 Å². The summed E-state index contributed by atoms with van der Waals surface area (Å²) in [5.74, 6) is -11.1. The van der Waals surface area contributed by atoms with Gasteiger partial charge < -0.3 is 0 Å². The molecule has 0 heterocycles. The zero-order chi connectivity index (χ0) is 11.6. The van der Waals surface area contributed by atoms with Gasteiger partial charge in [0.15, 0.2) is 0 Å². The molecule has 84 valence electrons. The van der Waals surface area contributed by atoms with E-state index in [0.29, 0.717) is 6.08 Å². The molecule has 0 spiro atoms. The fourth-order valence-corrected chi connectivity index (χ4v) is 0.601. The van der Waals surface area contributed by atoms with Crippen molar-refractivity contribution in [3.63, 3.8) is 0 Å². The van der Waals surface area contributed by atoms with Gasteiger partial charge in [-0.05, 0) is 6.92 Å². The van der Waals surface area contributed by atoms with Gasteiger partial charge in [-0.25, -0.2) is 0 Å². The Hall–Kier alpha value is -0.750. The van der Waals surface area contributed by atoms with Crippen LogP contribution in [0.3, 0.4) is 0 Å². The van der Waals surface area contributed by atoms with Crippen LogP contribution in [0.15, 0.2) is 12.2 Å². The number of alkyl halides is 7. The molecule has 0 fully saturated rings. The summed E-state index contributed by atoms with van der Waals surface area (Å²) in [4.78, 5) is 0. The third-order valence-corrected chi connectivity index (χ3v) is 1.43. The molecular weight excluding hydrogens is 217 g/mol. The molecule has 0 atom stereocenters. The highest BCUT2D eigenvalue weighted by Crippen LogP contribution is 2.48. The lowest BCUT2D eigenvalue weighted by Gasteiger charge is -2.27. The predicted octanol–water partition coefficient (Wildman–Crippen LogP) is 3.79. The molecule has 0 nitrogen and oxygen atoms in total. The molecular formula is C7H7F7. The Bertz CT molecular complexity index is 213. The van der Waals surface area contributed by atoms with Gasteiger partial charge in [0.05, 0.1) is 0 Å². The van der Waals surface area contributed by atoms with Crippen LogP contribution in [-0.4, -0.2) is 18.0 Å². The van der Waals surface area contributed by atoms with Gasteiger partial charge >= 0.3 is 18.0 Å². The molecule has 0 saturated heterocycles. The van der Waals surface area contributed by atoms with Crippen molar-refractivity contribution in [1.29, 1.82) is 0 Å². The van der Waals surface area contributed by atoms with Crippen molar-refractivity contribution >= 4 is 0 Å². The maximum Gasteiger partial charge on any atom is 0.459 e. The largest absolute Gasteiger partial charge is 0.459 e. The standard InChI is InChI=1S/C7H7F7/c1-2-3-4-5(8,9)6(10,11)7(12,13)14/h2-3H,4H2,1H3. The van der Waals surface area contributed by atoms with E-state index in [1.807, 2.05) is 0 Å². The Kier molecular flexibility index (Phi) is 3.58. The van der Waals surface area contributed by atoms with Gasteiger partial charge in [0.2, 0.25) is 0 Å². The van der Waals surface area contributed by atoms with Crippen molar-refractivity contribution < 1.29 is 30.7 Å². The summed E-state index contributed by atoms with van der Waals surface area (Å²) in [6.07, 6.45) is -6.35. The smallest absolute Gasteiger partial charge is 0.199 e. The van der Waals surface area contributed by atoms with E-state index >= 15 is 0 Å². The van der Waals surface area contributed by atoms with Gasteiger partial charge in [-0.2, -0.15) is 30.7 Å². The lowest BCUT2D eigenvalue weighted by Crippen LogP contribution is -2.51. The van der Waals surface area contributed by atoms with E-state index in [4.69, 9.17) is 0 Å². The topological polar surface area (TPSA) is 0 Å². The highest BCUT2D eigenvalue weighted by Gasteiger charge is 2.72. The first-order valence-corrected chi connectivity index (χ1v) is 3.50. The Morgan fingerprint density at radius 2 is 1.36 bits per heavy atom. The summed E-state index contributed by atoms with van der Waals surface area (Å²) in [7, 11) is 0. The third-order valence-electron chi connectivity index (χ3n) is 1.43. The van der Waals surface area contributed by atoms with Gasteiger partial charge in [-0.15, -0.1) is 0 Å². The lowest BCUT2D eigenvalue weighted by atomic mass is 10.1. The van der Waals surface area contributed by atoms with Gasteiger partial charge in [-0.3, -0.25) is 0 Å². The first kappa shape index (κ1) is 13.2. The van der Waals surface area contributed by atoms with Gasteiger partial charge in [0.1, 0.15) is 0 Å². The van der Waals surface area contributed by atoms with E-state index in [1.54, 1.807) is 0 Å². The molecule has 0 aromatic rings. The summed E-state index contributed by atoms with van der Waals surface area (Å²) < 4.78 is 83.5. The second kappa shape index (κ2) is 3.78. The van der Waals surface area contributed by atoms with E-state index in [-0.39, 0.29) is 0 Å². The Labute approximate surface area is 75.4 Å². The number of rotatable bonds is 3. The summed E-state index contributed by atoms with van der Waals surface area (Å²) in [6.45, 7) is 1.24. The van der Waals surface area contributed by atoms with Crippen LogP contribution in [0, 0.1) is 0 Å². The van der Waals surface area contributed by atoms with Crippen molar-refractivity contribution in [2.45, 2.75) is 31.4 Å². The maximum atomic E-state index is 12.4. The molecule has 0 aliphatic rings. The van der Waals surface area contributed by atoms with Crippen LogP contribution in [0.2, 0.25) is 0 Å². The zero-order valence-electron chi connectivity index (χ0n) is 7.01. The fourth-order valence-electron chi connectivity index (χ4n) is 0.601. The molecule has 0 aliphatic carbocycles. The molecule has 0 aromatic carbocycles. The van der Waals surface area contributed by atoms with Gasteiger partial charge in [0, 0.05) is 6.42 Å². The average Bonchev–Trinajstić information content (AvgIpc) is 1.98. The number of hydrogen-bond donors (Lipinski definition) is 0. The summed E-state index contributed by atoms with van der Waals surface area (Å²) in [6, 6.07) is 0. The Morgan fingerprint density at radius 1 is 0.929 bits per heavy atom. The third kappa shape index (κ3) is 2.39. The van der Waals surface area contributed by atoms with E-state index in [0.717, 1.165) is 6.08 Å². The molecule has 14 heavy (non-hydrogen) atoms. The molecule has 0 amide bonds. The highest BCUT2D eigenvalue weighted by molar-refractivity contribution is 4.96. The van der Waals surface area contributed by atoms with Crippen LogP contribution < -0.4 is 0 Å². The molecule has 0 aliphatic heterocycles. The minimum absolute atomic E-state index is 0.555. The molecule has 0 unspecified atom stereocenters. The fraction of sp³-hybridized carbons (Fsp3) is 0.714. The van der Waals surface area contributed by atoms with E-state index in [9.17, 15) is 30.7 Å². The Balaban J connectivity index is 4.87. The summed E-state index contributed by atoms with van der Waals surface area (Å²) >= 11 is 0. The quantitative estimate of drug-likeness (QED) is 0.505. The zero-order valence-corrected chi connectivity index (χ0v) is 7.01. The van der Waals surface area contributed by atoms with Crippen molar-refractivity contribution in [3.8, 4) is 0 Å². The van der Waals surface area contributed by atoms with Gasteiger partial charge in [0.25, 0.3) is 0 Å². The summed E-state index contributed by atoms with van der Waals surface area (Å²) in [5, 5.41) is 0. The van der Waals surface area contributed by atoms with E-state index in [2.05, 4.69) is 0 Å². The molecule has 0 radical (unpaired) electrons. The van der Waals surface area contributed by atoms with E-state index in [1.165, 1.54) is 6.92 Å². The minimum Gasteiger partial charge on any atom is -0.199 e. The molecule has 0 rings (SSSR count). The monoisotopic (exact) mass is 224 g/mol. The highest BCUT2D eigenvalue weighted by atomic mass is 19.4. The molecule has 7 heteroatoms. The second-order valence-electron chi connectivity index (χ2n) is 2.55. The van der Waals surface area contributed by atoms with Crippen LogP contribution in [0.1, 0.15) is 13.3 Å². The minimum atomic E-state index is -6.24. The summed E-state index contributed by atoms with van der Waals surface area (Å²) in [5.41, 5.74) is 0. The lowest BCUT2D eigenvalue weighted by molar-refractivity contribution is -0.353. The molecule has 0 N–H and O–H groups in total. The number of hydrogen-bond acceptors (Lipinski definition) is 0. The number of allylic oxidation sites excluding steroid dienone is 2. The van der Waals surface area contributed by atoms with Crippen LogP contribution in [0.5, 0.6) is 0 Å². The SMILES string of the molecule is CC=CCC(F)(F)C(F)(F)C(F)(F)F. The second-order valence-corrected chi connectivity index (χ2v) is 2.55.